The van der Waals surface area contributed by atoms with E-state index in [9.17, 15) is 4.79 Å². The highest BCUT2D eigenvalue weighted by Gasteiger charge is 2.17. The number of fused-ring (bicyclic) bond motifs is 1. The molecule has 1 aromatic heterocycles. The molecule has 0 aliphatic rings. The molecule has 0 radical (unpaired) electrons. The van der Waals surface area contributed by atoms with E-state index in [0.717, 1.165) is 23.2 Å². The number of esters is 1. The molecule has 3 heteroatoms. The molecule has 0 saturated carbocycles. The number of carbonyl (C=O) groups is 1. The fourth-order valence-electron chi connectivity index (χ4n) is 3.07. The summed E-state index contributed by atoms with van der Waals surface area (Å²) in [6.45, 7) is 4.97. The van der Waals surface area contributed by atoms with Gasteiger partial charge in [-0.15, -0.1) is 0 Å². The standard InChI is InChI=1S/C20H21NO2/c1-14-9-10-17-18(12-20(22)23-3)15(2)21(19(17)11-14)13-16-7-5-4-6-8-16/h4-11H,12-13H2,1-3H3. The van der Waals surface area contributed by atoms with Gasteiger partial charge in [-0.3, -0.25) is 4.79 Å². The second-order valence-corrected chi connectivity index (χ2v) is 5.91. The van der Waals surface area contributed by atoms with Gasteiger partial charge in [0.05, 0.1) is 13.5 Å². The van der Waals surface area contributed by atoms with E-state index in [4.69, 9.17) is 4.74 Å². The number of carbonyl (C=O) groups excluding carboxylic acids is 1. The van der Waals surface area contributed by atoms with Crippen molar-refractivity contribution in [3.8, 4) is 0 Å². The summed E-state index contributed by atoms with van der Waals surface area (Å²) in [7, 11) is 1.44. The zero-order chi connectivity index (χ0) is 16.4. The van der Waals surface area contributed by atoms with Gasteiger partial charge in [0.2, 0.25) is 0 Å². The molecule has 23 heavy (non-hydrogen) atoms. The monoisotopic (exact) mass is 307 g/mol. The van der Waals surface area contributed by atoms with Crippen molar-refractivity contribution in [2.24, 2.45) is 0 Å². The number of hydrogen-bond donors (Lipinski definition) is 0. The van der Waals surface area contributed by atoms with Gasteiger partial charge in [0.15, 0.2) is 0 Å². The topological polar surface area (TPSA) is 31.2 Å². The molecule has 0 bridgehead atoms. The van der Waals surface area contributed by atoms with Crippen molar-refractivity contribution in [1.29, 1.82) is 0 Å². The molecule has 0 amide bonds. The minimum Gasteiger partial charge on any atom is -0.469 e. The Morgan fingerprint density at radius 1 is 1.09 bits per heavy atom. The molecular weight excluding hydrogens is 286 g/mol. The summed E-state index contributed by atoms with van der Waals surface area (Å²) in [6.07, 6.45) is 0.309. The predicted octanol–water partition coefficient (Wildman–Crippen LogP) is 4.02. The lowest BCUT2D eigenvalue weighted by atomic mass is 10.1. The van der Waals surface area contributed by atoms with Gasteiger partial charge in [-0.25, -0.2) is 0 Å². The van der Waals surface area contributed by atoms with Crippen LogP contribution in [0, 0.1) is 13.8 Å². The smallest absolute Gasteiger partial charge is 0.310 e. The number of rotatable bonds is 4. The van der Waals surface area contributed by atoms with Crippen LogP contribution in [-0.4, -0.2) is 17.6 Å². The quantitative estimate of drug-likeness (QED) is 0.682. The van der Waals surface area contributed by atoms with Crippen LogP contribution >= 0.6 is 0 Å². The molecule has 0 spiro atoms. The van der Waals surface area contributed by atoms with Crippen LogP contribution in [0.25, 0.3) is 10.9 Å². The molecule has 3 nitrogen and oxygen atoms in total. The zero-order valence-corrected chi connectivity index (χ0v) is 13.8. The van der Waals surface area contributed by atoms with E-state index in [1.165, 1.54) is 23.8 Å². The number of ether oxygens (including phenoxy) is 1. The lowest BCUT2D eigenvalue weighted by Gasteiger charge is -2.09. The molecule has 0 aliphatic carbocycles. The maximum absolute atomic E-state index is 11.8. The molecule has 2 aromatic carbocycles. The van der Waals surface area contributed by atoms with E-state index < -0.39 is 0 Å². The van der Waals surface area contributed by atoms with E-state index in [0.29, 0.717) is 6.42 Å². The van der Waals surface area contributed by atoms with E-state index in [1.54, 1.807) is 0 Å². The van der Waals surface area contributed by atoms with Crippen molar-refractivity contribution >= 4 is 16.9 Å². The minimum atomic E-state index is -0.201. The lowest BCUT2D eigenvalue weighted by molar-refractivity contribution is -0.139. The van der Waals surface area contributed by atoms with Gasteiger partial charge in [0.25, 0.3) is 0 Å². The fourth-order valence-corrected chi connectivity index (χ4v) is 3.07. The third kappa shape index (κ3) is 3.00. The van der Waals surface area contributed by atoms with Gasteiger partial charge < -0.3 is 9.30 Å². The first-order valence-corrected chi connectivity index (χ1v) is 7.79. The Labute approximate surface area is 136 Å². The summed E-state index contributed by atoms with van der Waals surface area (Å²) in [5.74, 6) is -0.201. The fraction of sp³-hybridized carbons (Fsp3) is 0.250. The molecule has 0 saturated heterocycles. The van der Waals surface area contributed by atoms with Crippen LogP contribution in [0.1, 0.15) is 22.4 Å². The van der Waals surface area contributed by atoms with Crippen molar-refractivity contribution in [1.82, 2.24) is 4.57 Å². The number of aromatic nitrogens is 1. The third-order valence-corrected chi connectivity index (χ3v) is 4.34. The molecule has 1 heterocycles. The van der Waals surface area contributed by atoms with Crippen molar-refractivity contribution in [3.05, 3.63) is 70.9 Å². The number of hydrogen-bond acceptors (Lipinski definition) is 2. The molecule has 118 valence electrons. The SMILES string of the molecule is COC(=O)Cc1c(C)n(Cc2ccccc2)c2cc(C)ccc12. The molecule has 0 fully saturated rings. The Hall–Kier alpha value is -2.55. The van der Waals surface area contributed by atoms with Crippen LogP contribution in [0.2, 0.25) is 0 Å². The minimum absolute atomic E-state index is 0.201. The van der Waals surface area contributed by atoms with Crippen molar-refractivity contribution < 1.29 is 9.53 Å². The van der Waals surface area contributed by atoms with Crippen LogP contribution in [0.3, 0.4) is 0 Å². The van der Waals surface area contributed by atoms with Gasteiger partial charge in [-0.05, 0) is 36.6 Å². The first-order valence-electron chi connectivity index (χ1n) is 7.79. The molecule has 0 N–H and O–H groups in total. The van der Waals surface area contributed by atoms with E-state index in [-0.39, 0.29) is 5.97 Å². The Kier molecular flexibility index (Phi) is 4.20. The van der Waals surface area contributed by atoms with Gasteiger partial charge in [0.1, 0.15) is 0 Å². The Morgan fingerprint density at radius 2 is 1.83 bits per heavy atom. The van der Waals surface area contributed by atoms with Gasteiger partial charge >= 0.3 is 5.97 Å². The lowest BCUT2D eigenvalue weighted by Crippen LogP contribution is -2.07. The number of nitrogens with zero attached hydrogens (tertiary/aromatic N) is 1. The zero-order valence-electron chi connectivity index (χ0n) is 13.8. The maximum Gasteiger partial charge on any atom is 0.310 e. The summed E-state index contributed by atoms with van der Waals surface area (Å²) in [6, 6.07) is 16.8. The van der Waals surface area contributed by atoms with E-state index in [2.05, 4.69) is 60.9 Å². The van der Waals surface area contributed by atoms with Crippen molar-refractivity contribution in [2.75, 3.05) is 7.11 Å². The molecular formula is C20H21NO2. The average molecular weight is 307 g/mol. The summed E-state index contributed by atoms with van der Waals surface area (Å²) < 4.78 is 7.15. The molecule has 0 atom stereocenters. The summed E-state index contributed by atoms with van der Waals surface area (Å²) >= 11 is 0. The van der Waals surface area contributed by atoms with Crippen LogP contribution in [-0.2, 0) is 22.5 Å². The largest absolute Gasteiger partial charge is 0.469 e. The predicted molar refractivity (Wildman–Crippen MR) is 92.7 cm³/mol. The van der Waals surface area contributed by atoms with Crippen LogP contribution in [0.4, 0.5) is 0 Å². The maximum atomic E-state index is 11.8. The summed E-state index contributed by atoms with van der Waals surface area (Å²) in [5.41, 5.74) is 5.82. The second-order valence-electron chi connectivity index (χ2n) is 5.91. The highest BCUT2D eigenvalue weighted by molar-refractivity contribution is 5.90. The van der Waals surface area contributed by atoms with Crippen molar-refractivity contribution in [3.63, 3.8) is 0 Å². The van der Waals surface area contributed by atoms with Crippen LogP contribution in [0.15, 0.2) is 48.5 Å². The van der Waals surface area contributed by atoms with E-state index in [1.807, 2.05) is 6.07 Å². The molecule has 0 unspecified atom stereocenters. The van der Waals surface area contributed by atoms with Crippen LogP contribution in [0.5, 0.6) is 0 Å². The van der Waals surface area contributed by atoms with Gasteiger partial charge in [0, 0.05) is 23.1 Å². The molecule has 3 aromatic rings. The second kappa shape index (κ2) is 6.29. The normalized spacial score (nSPS) is 10.9. The Morgan fingerprint density at radius 3 is 2.52 bits per heavy atom. The van der Waals surface area contributed by atoms with E-state index >= 15 is 0 Å². The number of aryl methyl sites for hydroxylation is 1. The van der Waals surface area contributed by atoms with Gasteiger partial charge in [-0.1, -0.05) is 42.5 Å². The Bertz CT molecular complexity index is 847. The highest BCUT2D eigenvalue weighted by Crippen LogP contribution is 2.28. The average Bonchev–Trinajstić information content (AvgIpc) is 2.81. The van der Waals surface area contributed by atoms with Crippen LogP contribution < -0.4 is 0 Å². The third-order valence-electron chi connectivity index (χ3n) is 4.34. The number of benzene rings is 2. The number of methoxy groups -OCH3 is 1. The summed E-state index contributed by atoms with van der Waals surface area (Å²) in [4.78, 5) is 11.8. The highest BCUT2D eigenvalue weighted by atomic mass is 16.5. The first kappa shape index (κ1) is 15.3. The molecule has 0 aliphatic heterocycles. The summed E-state index contributed by atoms with van der Waals surface area (Å²) in [5, 5.41) is 1.13. The Balaban J connectivity index is 2.14. The first-order chi connectivity index (χ1) is 11.1. The van der Waals surface area contributed by atoms with Gasteiger partial charge in [-0.2, -0.15) is 0 Å². The van der Waals surface area contributed by atoms with Crippen molar-refractivity contribution in [2.45, 2.75) is 26.8 Å². The molecule has 3 rings (SSSR count).